The summed E-state index contributed by atoms with van der Waals surface area (Å²) in [6.45, 7) is 3.52. The van der Waals surface area contributed by atoms with Crippen LogP contribution in [0.15, 0.2) is 47.4 Å². The quantitative estimate of drug-likeness (QED) is 0.638. The van der Waals surface area contributed by atoms with Crippen LogP contribution in [0, 0.1) is 0 Å². The van der Waals surface area contributed by atoms with Crippen LogP contribution >= 0.6 is 11.8 Å². The first-order valence-corrected chi connectivity index (χ1v) is 9.85. The third kappa shape index (κ3) is 4.57. The van der Waals surface area contributed by atoms with Gasteiger partial charge < -0.3 is 19.7 Å². The third-order valence-corrected chi connectivity index (χ3v) is 4.99. The molecule has 0 saturated carbocycles. The van der Waals surface area contributed by atoms with E-state index in [-0.39, 0.29) is 16.4 Å². The number of aromatic hydroxyl groups is 1. The van der Waals surface area contributed by atoms with E-state index in [2.05, 4.69) is 0 Å². The zero-order valence-electron chi connectivity index (χ0n) is 16.2. The fourth-order valence-electron chi connectivity index (χ4n) is 2.66. The number of benzene rings is 2. The van der Waals surface area contributed by atoms with E-state index in [0.717, 1.165) is 16.7 Å². The van der Waals surface area contributed by atoms with Crippen molar-refractivity contribution in [3.05, 3.63) is 52.9 Å². The first-order chi connectivity index (χ1) is 14.3. The molecule has 1 saturated heterocycles. The van der Waals surface area contributed by atoms with Crippen LogP contribution in [0.5, 0.6) is 17.2 Å². The number of imide groups is 1. The van der Waals surface area contributed by atoms with Crippen molar-refractivity contribution in [3.63, 3.8) is 0 Å². The van der Waals surface area contributed by atoms with Crippen molar-refractivity contribution in [1.82, 2.24) is 0 Å². The summed E-state index contributed by atoms with van der Waals surface area (Å²) in [7, 11) is 0. The number of aliphatic carboxylic acids is 1. The molecule has 3 rings (SSSR count). The molecular formula is C21H19NO7S. The van der Waals surface area contributed by atoms with Gasteiger partial charge >= 0.3 is 5.97 Å². The average molecular weight is 429 g/mol. The highest BCUT2D eigenvalue weighted by Crippen LogP contribution is 2.37. The monoisotopic (exact) mass is 429 g/mol. The molecule has 9 heteroatoms. The molecule has 30 heavy (non-hydrogen) atoms. The van der Waals surface area contributed by atoms with E-state index in [1.807, 2.05) is 0 Å². The van der Waals surface area contributed by atoms with Crippen molar-refractivity contribution in [3.8, 4) is 17.2 Å². The third-order valence-electron chi connectivity index (χ3n) is 4.12. The predicted molar refractivity (Wildman–Crippen MR) is 112 cm³/mol. The smallest absolute Gasteiger partial charge is 0.344 e. The second-order valence-corrected chi connectivity index (χ2v) is 7.26. The Morgan fingerprint density at radius 2 is 1.87 bits per heavy atom. The van der Waals surface area contributed by atoms with Gasteiger partial charge in [-0.1, -0.05) is 6.07 Å². The van der Waals surface area contributed by atoms with Gasteiger partial charge in [0, 0.05) is 0 Å². The van der Waals surface area contributed by atoms with Crippen molar-refractivity contribution in [1.29, 1.82) is 0 Å². The molecule has 0 radical (unpaired) electrons. The maximum Gasteiger partial charge on any atom is 0.344 e. The minimum absolute atomic E-state index is 0.0317. The topological polar surface area (TPSA) is 113 Å². The molecule has 1 aliphatic heterocycles. The number of rotatable bonds is 7. The van der Waals surface area contributed by atoms with Crippen LogP contribution in [0.3, 0.4) is 0 Å². The van der Waals surface area contributed by atoms with E-state index in [1.54, 1.807) is 31.2 Å². The highest BCUT2D eigenvalue weighted by atomic mass is 32.2. The Balaban J connectivity index is 1.87. The molecule has 0 spiro atoms. The van der Waals surface area contributed by atoms with Gasteiger partial charge in [0.25, 0.3) is 11.1 Å². The number of hydrogen-bond donors (Lipinski definition) is 2. The molecule has 0 bridgehead atoms. The van der Waals surface area contributed by atoms with Gasteiger partial charge in [0.05, 0.1) is 17.2 Å². The summed E-state index contributed by atoms with van der Waals surface area (Å²) in [5.74, 6) is -0.958. The van der Waals surface area contributed by atoms with Gasteiger partial charge in [-0.25, -0.2) is 9.69 Å². The molecule has 1 atom stereocenters. The van der Waals surface area contributed by atoms with Crippen LogP contribution < -0.4 is 14.4 Å². The maximum atomic E-state index is 12.7. The number of amides is 2. The molecule has 2 N–H and O–H groups in total. The molecule has 2 aromatic carbocycles. The summed E-state index contributed by atoms with van der Waals surface area (Å²) in [6, 6.07) is 10.6. The molecular weight excluding hydrogens is 410 g/mol. The lowest BCUT2D eigenvalue weighted by molar-refractivity contribution is -0.144. The van der Waals surface area contributed by atoms with Crippen LogP contribution in [-0.4, -0.2) is 40.0 Å². The molecule has 8 nitrogen and oxygen atoms in total. The summed E-state index contributed by atoms with van der Waals surface area (Å²) in [5, 5.41) is 18.0. The molecule has 0 aliphatic carbocycles. The first-order valence-electron chi connectivity index (χ1n) is 9.03. The molecule has 1 unspecified atom stereocenters. The molecule has 2 aromatic rings. The number of carboxylic acid groups (broad SMARTS) is 1. The lowest BCUT2D eigenvalue weighted by Crippen LogP contribution is -2.27. The largest absolute Gasteiger partial charge is 0.508 e. The second kappa shape index (κ2) is 8.91. The highest BCUT2D eigenvalue weighted by Gasteiger charge is 2.36. The van der Waals surface area contributed by atoms with Crippen molar-refractivity contribution in [2.75, 3.05) is 11.5 Å². The Morgan fingerprint density at radius 3 is 2.50 bits per heavy atom. The number of nitrogens with zero attached hydrogens (tertiary/aromatic N) is 1. The summed E-state index contributed by atoms with van der Waals surface area (Å²) >= 11 is 0.800. The normalized spacial score (nSPS) is 16.1. The van der Waals surface area contributed by atoms with Crippen LogP contribution in [-0.2, 0) is 9.59 Å². The number of hydrogen-bond acceptors (Lipinski definition) is 7. The highest BCUT2D eigenvalue weighted by molar-refractivity contribution is 8.19. The summed E-state index contributed by atoms with van der Waals surface area (Å²) in [6.07, 6.45) is 0.495. The van der Waals surface area contributed by atoms with E-state index >= 15 is 0 Å². The van der Waals surface area contributed by atoms with Gasteiger partial charge in [-0.3, -0.25) is 9.59 Å². The van der Waals surface area contributed by atoms with Gasteiger partial charge in [0.2, 0.25) is 0 Å². The molecule has 0 aromatic heterocycles. The Kier molecular flexibility index (Phi) is 6.31. The fraction of sp³-hybridized carbons (Fsp3) is 0.190. The van der Waals surface area contributed by atoms with Crippen molar-refractivity contribution in [2.45, 2.75) is 20.0 Å². The number of carbonyl (C=O) groups is 3. The van der Waals surface area contributed by atoms with Gasteiger partial charge in [-0.2, -0.15) is 0 Å². The number of anilines is 1. The molecule has 156 valence electrons. The second-order valence-electron chi connectivity index (χ2n) is 6.27. The van der Waals surface area contributed by atoms with Gasteiger partial charge in [-0.15, -0.1) is 0 Å². The standard InChI is InChI=1S/C21H19NO7S/c1-3-28-17-10-13(4-9-16(17)29-12(2)20(25)26)11-18-19(24)22(21(27)30-18)14-5-7-15(23)8-6-14/h4-12,23H,3H2,1-2H3,(H,25,26)/b18-11+. The predicted octanol–water partition coefficient (Wildman–Crippen LogP) is 3.88. The molecule has 1 fully saturated rings. The van der Waals surface area contributed by atoms with Crippen molar-refractivity contribution >= 4 is 40.6 Å². The summed E-state index contributed by atoms with van der Waals surface area (Å²) in [4.78, 5) is 37.4. The van der Waals surface area contributed by atoms with Gasteiger partial charge in [0.1, 0.15) is 5.75 Å². The first kappa shape index (κ1) is 21.3. The SMILES string of the molecule is CCOc1cc(/C=C2/SC(=O)N(c3ccc(O)cc3)C2=O)ccc1OC(C)C(=O)O. The van der Waals surface area contributed by atoms with Crippen LogP contribution in [0.25, 0.3) is 6.08 Å². The van der Waals surface area contributed by atoms with Crippen LogP contribution in [0.1, 0.15) is 19.4 Å². The van der Waals surface area contributed by atoms with E-state index in [9.17, 15) is 19.5 Å². The minimum Gasteiger partial charge on any atom is -0.508 e. The molecule has 2 amide bonds. The van der Waals surface area contributed by atoms with Crippen molar-refractivity contribution in [2.24, 2.45) is 0 Å². The molecule has 1 heterocycles. The van der Waals surface area contributed by atoms with Crippen LogP contribution in [0.2, 0.25) is 0 Å². The maximum absolute atomic E-state index is 12.7. The average Bonchev–Trinajstić information content (AvgIpc) is 2.98. The van der Waals surface area contributed by atoms with E-state index in [0.29, 0.717) is 23.6 Å². The Bertz CT molecular complexity index is 1020. The number of carbonyl (C=O) groups excluding carboxylic acids is 2. The van der Waals surface area contributed by atoms with Gasteiger partial charge in [-0.05, 0) is 73.6 Å². The van der Waals surface area contributed by atoms with Crippen molar-refractivity contribution < 1.29 is 34.1 Å². The van der Waals surface area contributed by atoms with E-state index in [1.165, 1.54) is 31.2 Å². The number of thioether (sulfide) groups is 1. The number of phenols is 1. The van der Waals surface area contributed by atoms with E-state index in [4.69, 9.17) is 14.6 Å². The number of phenolic OH excluding ortho intramolecular Hbond substituents is 1. The Morgan fingerprint density at radius 1 is 1.17 bits per heavy atom. The van der Waals surface area contributed by atoms with E-state index < -0.39 is 23.2 Å². The summed E-state index contributed by atoms with van der Waals surface area (Å²) in [5.41, 5.74) is 0.949. The van der Waals surface area contributed by atoms with Gasteiger partial charge in [0.15, 0.2) is 17.6 Å². The zero-order chi connectivity index (χ0) is 21.8. The van der Waals surface area contributed by atoms with Crippen LogP contribution in [0.4, 0.5) is 10.5 Å². The lowest BCUT2D eigenvalue weighted by Gasteiger charge is -2.15. The Labute approximate surface area is 176 Å². The Hall–Kier alpha value is -3.46. The number of ether oxygens (including phenoxy) is 2. The fourth-order valence-corrected chi connectivity index (χ4v) is 3.51. The number of carboxylic acids is 1. The summed E-state index contributed by atoms with van der Waals surface area (Å²) < 4.78 is 10.9. The minimum atomic E-state index is -1.11. The zero-order valence-corrected chi connectivity index (χ0v) is 17.0. The lowest BCUT2D eigenvalue weighted by atomic mass is 10.1. The molecule has 1 aliphatic rings.